The Bertz CT molecular complexity index is 1200. The average molecular weight is 456 g/mol. The van der Waals surface area contributed by atoms with Gasteiger partial charge in [-0.2, -0.15) is 0 Å². The molecule has 0 fully saturated rings. The number of aliphatic hydroxyl groups is 1. The summed E-state index contributed by atoms with van der Waals surface area (Å²) in [4.78, 5) is 28.9. The highest BCUT2D eigenvalue weighted by Gasteiger charge is 2.45. The Morgan fingerprint density at radius 3 is 2.75 bits per heavy atom. The molecule has 168 valence electrons. The van der Waals surface area contributed by atoms with Crippen LogP contribution in [0.5, 0.6) is 5.75 Å². The van der Waals surface area contributed by atoms with Crippen molar-refractivity contribution in [2.45, 2.75) is 32.9 Å². The van der Waals surface area contributed by atoms with Gasteiger partial charge in [0, 0.05) is 16.8 Å². The summed E-state index contributed by atoms with van der Waals surface area (Å²) in [5, 5.41) is 13.4. The lowest BCUT2D eigenvalue weighted by Gasteiger charge is -2.26. The first kappa shape index (κ1) is 22.1. The Labute approximate surface area is 189 Å². The monoisotopic (exact) mass is 455 g/mol. The molecule has 0 aliphatic carbocycles. The Kier molecular flexibility index (Phi) is 6.08. The van der Waals surface area contributed by atoms with Crippen molar-refractivity contribution >= 4 is 34.0 Å². The number of Topliss-reactive ketones (excluding diaryl/α,β-unsaturated/α-hetero) is 1. The number of aryl methyl sites for hydroxylation is 1. The van der Waals surface area contributed by atoms with E-state index in [4.69, 9.17) is 13.9 Å². The summed E-state index contributed by atoms with van der Waals surface area (Å²) in [7, 11) is 1.52. The maximum Gasteiger partial charge on any atom is 0.290 e. The normalized spacial score (nSPS) is 16.6. The topological polar surface area (TPSA) is 89.2 Å². The minimum atomic E-state index is -0.708. The standard InChI is InChI=1S/C24H25NO6S/c1-13(2)30-10-9-25-19(23-14(3)8-11-32-23)18(21(27)24(25)28)20(26)17-12-15-6-5-7-16(29-4)22(15)31-17/h5-8,11-13,19,27H,9-10H2,1-4H3. The highest BCUT2D eigenvalue weighted by molar-refractivity contribution is 7.10. The van der Waals surface area contributed by atoms with Crippen molar-refractivity contribution in [3.8, 4) is 5.75 Å². The SMILES string of the molecule is COc1cccc2cc(C(=O)C3=C(O)C(=O)N(CCOC(C)C)C3c3sccc3C)oc12. The lowest BCUT2D eigenvalue weighted by molar-refractivity contribution is -0.130. The van der Waals surface area contributed by atoms with Gasteiger partial charge in [-0.3, -0.25) is 9.59 Å². The van der Waals surface area contributed by atoms with Gasteiger partial charge < -0.3 is 23.9 Å². The van der Waals surface area contributed by atoms with Gasteiger partial charge in [0.25, 0.3) is 5.91 Å². The van der Waals surface area contributed by atoms with Crippen LogP contribution in [-0.4, -0.2) is 48.1 Å². The van der Waals surface area contributed by atoms with Crippen LogP contribution >= 0.6 is 11.3 Å². The van der Waals surface area contributed by atoms with Crippen molar-refractivity contribution in [2.24, 2.45) is 0 Å². The van der Waals surface area contributed by atoms with Gasteiger partial charge in [0.1, 0.15) is 6.04 Å². The molecular formula is C24H25NO6S. The molecule has 1 aliphatic rings. The van der Waals surface area contributed by atoms with Crippen LogP contribution in [0.1, 0.15) is 40.9 Å². The molecule has 0 bridgehead atoms. The van der Waals surface area contributed by atoms with E-state index in [0.717, 1.165) is 10.4 Å². The summed E-state index contributed by atoms with van der Waals surface area (Å²) in [6.45, 7) is 6.28. The summed E-state index contributed by atoms with van der Waals surface area (Å²) in [6.07, 6.45) is 0.00261. The van der Waals surface area contributed by atoms with Gasteiger partial charge in [0.05, 0.1) is 25.4 Å². The van der Waals surface area contributed by atoms with E-state index in [1.165, 1.54) is 23.3 Å². The summed E-state index contributed by atoms with van der Waals surface area (Å²) < 4.78 is 16.8. The number of benzene rings is 1. The first-order valence-electron chi connectivity index (χ1n) is 10.3. The number of fused-ring (bicyclic) bond motifs is 1. The molecule has 32 heavy (non-hydrogen) atoms. The van der Waals surface area contributed by atoms with E-state index in [-0.39, 0.29) is 24.0 Å². The molecule has 1 unspecified atom stereocenters. The van der Waals surface area contributed by atoms with E-state index >= 15 is 0 Å². The number of rotatable bonds is 8. The predicted octanol–water partition coefficient (Wildman–Crippen LogP) is 4.81. The largest absolute Gasteiger partial charge is 0.503 e. The second kappa shape index (κ2) is 8.80. The lowest BCUT2D eigenvalue weighted by atomic mass is 9.98. The molecule has 8 heteroatoms. The van der Waals surface area contributed by atoms with Crippen LogP contribution in [-0.2, 0) is 9.53 Å². The van der Waals surface area contributed by atoms with Gasteiger partial charge >= 0.3 is 0 Å². The maximum absolute atomic E-state index is 13.6. The molecule has 0 saturated heterocycles. The van der Waals surface area contributed by atoms with Crippen LogP contribution in [0.4, 0.5) is 0 Å². The molecule has 0 saturated carbocycles. The fraction of sp³-hybridized carbons (Fsp3) is 0.333. The second-order valence-corrected chi connectivity index (χ2v) is 8.82. The summed E-state index contributed by atoms with van der Waals surface area (Å²) in [5.74, 6) is -1.13. The van der Waals surface area contributed by atoms with Gasteiger partial charge in [-0.05, 0) is 49.9 Å². The van der Waals surface area contributed by atoms with Crippen LogP contribution < -0.4 is 4.74 Å². The van der Waals surface area contributed by atoms with Crippen LogP contribution in [0.3, 0.4) is 0 Å². The lowest BCUT2D eigenvalue weighted by Crippen LogP contribution is -2.34. The molecule has 2 aromatic heterocycles. The van der Waals surface area contributed by atoms with Gasteiger partial charge in [0.15, 0.2) is 22.9 Å². The van der Waals surface area contributed by atoms with E-state index in [0.29, 0.717) is 23.3 Å². The first-order chi connectivity index (χ1) is 15.3. The fourth-order valence-electron chi connectivity index (χ4n) is 3.88. The van der Waals surface area contributed by atoms with E-state index in [1.807, 2.05) is 38.3 Å². The number of thiophene rings is 1. The van der Waals surface area contributed by atoms with Gasteiger partial charge in [-0.1, -0.05) is 12.1 Å². The zero-order valence-electron chi connectivity index (χ0n) is 18.4. The maximum atomic E-state index is 13.6. The third-order valence-electron chi connectivity index (χ3n) is 5.43. The zero-order valence-corrected chi connectivity index (χ0v) is 19.2. The highest BCUT2D eigenvalue weighted by atomic mass is 32.1. The molecule has 3 heterocycles. The summed E-state index contributed by atoms with van der Waals surface area (Å²) >= 11 is 1.44. The fourth-order valence-corrected chi connectivity index (χ4v) is 4.93. The average Bonchev–Trinajstić information content (AvgIpc) is 3.45. The molecule has 1 amide bonds. The third kappa shape index (κ3) is 3.80. The number of amides is 1. The number of carbonyl (C=O) groups excluding carboxylic acids is 2. The molecule has 7 nitrogen and oxygen atoms in total. The van der Waals surface area contributed by atoms with Crippen molar-refractivity contribution in [2.75, 3.05) is 20.3 Å². The Hall–Kier alpha value is -3.10. The summed E-state index contributed by atoms with van der Waals surface area (Å²) in [6, 6.07) is 8.17. The van der Waals surface area contributed by atoms with Crippen molar-refractivity contribution in [3.05, 3.63) is 63.2 Å². The molecule has 0 radical (unpaired) electrons. The summed E-state index contributed by atoms with van der Waals surface area (Å²) in [5.41, 5.74) is 1.39. The molecule has 1 N–H and O–H groups in total. The Balaban J connectivity index is 1.76. The molecule has 3 aromatic rings. The quantitative estimate of drug-likeness (QED) is 0.490. The molecule has 1 aliphatic heterocycles. The van der Waals surface area contributed by atoms with E-state index in [2.05, 4.69) is 0 Å². The number of nitrogens with zero attached hydrogens (tertiary/aromatic N) is 1. The Morgan fingerprint density at radius 2 is 2.09 bits per heavy atom. The minimum Gasteiger partial charge on any atom is -0.503 e. The number of para-hydroxylation sites is 1. The van der Waals surface area contributed by atoms with Crippen molar-refractivity contribution in [1.82, 2.24) is 4.90 Å². The smallest absolute Gasteiger partial charge is 0.290 e. The van der Waals surface area contributed by atoms with Crippen LogP contribution in [0, 0.1) is 6.92 Å². The van der Waals surface area contributed by atoms with Crippen molar-refractivity contribution in [1.29, 1.82) is 0 Å². The molecule has 1 aromatic carbocycles. The molecule has 4 rings (SSSR count). The number of carbonyl (C=O) groups is 2. The van der Waals surface area contributed by atoms with Gasteiger partial charge in [-0.15, -0.1) is 11.3 Å². The van der Waals surface area contributed by atoms with E-state index in [1.54, 1.807) is 18.2 Å². The van der Waals surface area contributed by atoms with E-state index in [9.17, 15) is 14.7 Å². The number of furan rings is 1. The minimum absolute atomic E-state index is 0.00261. The third-order valence-corrected chi connectivity index (χ3v) is 6.50. The number of hydrogen-bond donors (Lipinski definition) is 1. The van der Waals surface area contributed by atoms with Crippen molar-refractivity contribution < 1.29 is 28.6 Å². The number of aliphatic hydroxyl groups excluding tert-OH is 1. The number of ether oxygens (including phenoxy) is 2. The number of ketones is 1. The van der Waals surface area contributed by atoms with Crippen molar-refractivity contribution in [3.63, 3.8) is 0 Å². The van der Waals surface area contributed by atoms with Crippen LogP contribution in [0.25, 0.3) is 11.0 Å². The van der Waals surface area contributed by atoms with Crippen LogP contribution in [0.15, 0.2) is 51.5 Å². The second-order valence-electron chi connectivity index (χ2n) is 7.87. The molecular weight excluding hydrogens is 430 g/mol. The number of methoxy groups -OCH3 is 1. The van der Waals surface area contributed by atoms with Gasteiger partial charge in [-0.25, -0.2) is 0 Å². The van der Waals surface area contributed by atoms with Crippen LogP contribution in [0.2, 0.25) is 0 Å². The molecule has 1 atom stereocenters. The van der Waals surface area contributed by atoms with Gasteiger partial charge in [0.2, 0.25) is 5.78 Å². The van der Waals surface area contributed by atoms with E-state index < -0.39 is 23.5 Å². The Morgan fingerprint density at radius 1 is 1.31 bits per heavy atom. The number of hydrogen-bond acceptors (Lipinski definition) is 7. The highest BCUT2D eigenvalue weighted by Crippen LogP contribution is 2.42. The first-order valence-corrected chi connectivity index (χ1v) is 11.2. The molecule has 0 spiro atoms. The predicted molar refractivity (Wildman–Crippen MR) is 121 cm³/mol. The zero-order chi connectivity index (χ0) is 23.0.